The Labute approximate surface area is 162 Å². The van der Waals surface area contributed by atoms with Crippen LogP contribution in [0.1, 0.15) is 0 Å². The molecule has 0 amide bonds. The number of fused-ring (bicyclic) bond motifs is 1. The van der Waals surface area contributed by atoms with Crippen molar-refractivity contribution in [2.75, 3.05) is 5.88 Å². The van der Waals surface area contributed by atoms with Crippen molar-refractivity contribution in [1.29, 1.82) is 0 Å². The van der Waals surface area contributed by atoms with Gasteiger partial charge in [-0.2, -0.15) is 0 Å². The van der Waals surface area contributed by atoms with Crippen LogP contribution in [0.2, 0.25) is 0 Å². The highest BCUT2D eigenvalue weighted by atomic mass is 32.2. The molecule has 4 nitrogen and oxygen atoms in total. The van der Waals surface area contributed by atoms with Gasteiger partial charge in [-0.3, -0.25) is 15.0 Å². The van der Waals surface area contributed by atoms with Gasteiger partial charge in [0.1, 0.15) is 0 Å². The van der Waals surface area contributed by atoms with Crippen molar-refractivity contribution in [3.05, 3.63) is 73.2 Å². The molecule has 4 rings (SSSR count). The number of aliphatic imine (C=N–C) groups is 1. The predicted molar refractivity (Wildman–Crippen MR) is 115 cm³/mol. The highest BCUT2D eigenvalue weighted by Crippen LogP contribution is 2.35. The predicted octanol–water partition coefficient (Wildman–Crippen LogP) is 5.30. The number of hydrogen-bond acceptors (Lipinski definition) is 5. The van der Waals surface area contributed by atoms with E-state index in [1.54, 1.807) is 11.8 Å². The standard InChI is InChI=1S/C22H18N4S/c1-24-21-5-3-17(13-22(21)27-14-23)16-2-4-20-19(12-16)18(8-11-26-20)15-6-9-25-10-7-15/h2-13H,1,14,23H2. The molecule has 0 spiro atoms. The quantitative estimate of drug-likeness (QED) is 0.294. The first kappa shape index (κ1) is 17.4. The summed E-state index contributed by atoms with van der Waals surface area (Å²) in [6.45, 7) is 3.64. The monoisotopic (exact) mass is 370 g/mol. The summed E-state index contributed by atoms with van der Waals surface area (Å²) in [6, 6.07) is 18.6. The van der Waals surface area contributed by atoms with Crippen LogP contribution >= 0.6 is 11.8 Å². The SMILES string of the molecule is C=Nc1ccc(-c2ccc3nccc(-c4ccncc4)c3c2)cc1SCN. The fourth-order valence-corrected chi connectivity index (χ4v) is 3.81. The van der Waals surface area contributed by atoms with Gasteiger partial charge in [-0.05, 0) is 71.4 Å². The fourth-order valence-electron chi connectivity index (χ4n) is 3.14. The lowest BCUT2D eigenvalue weighted by atomic mass is 9.98. The average Bonchev–Trinajstić information content (AvgIpc) is 2.74. The number of pyridine rings is 2. The number of benzene rings is 2. The van der Waals surface area contributed by atoms with E-state index >= 15 is 0 Å². The topological polar surface area (TPSA) is 64.2 Å². The molecular formula is C22H18N4S. The second-order valence-electron chi connectivity index (χ2n) is 5.98. The molecule has 27 heavy (non-hydrogen) atoms. The Kier molecular flexibility index (Phi) is 4.96. The van der Waals surface area contributed by atoms with Gasteiger partial charge < -0.3 is 5.73 Å². The molecule has 0 aliphatic heterocycles. The third kappa shape index (κ3) is 3.47. The second-order valence-corrected chi connectivity index (χ2v) is 7.04. The molecule has 0 aliphatic carbocycles. The van der Waals surface area contributed by atoms with Crippen molar-refractivity contribution in [2.24, 2.45) is 10.7 Å². The van der Waals surface area contributed by atoms with Gasteiger partial charge >= 0.3 is 0 Å². The molecular weight excluding hydrogens is 352 g/mol. The summed E-state index contributed by atoms with van der Waals surface area (Å²) in [5.74, 6) is 0.500. The van der Waals surface area contributed by atoms with Gasteiger partial charge in [0.25, 0.3) is 0 Å². The lowest BCUT2D eigenvalue weighted by molar-refractivity contribution is 1.33. The minimum absolute atomic E-state index is 0.500. The van der Waals surface area contributed by atoms with Gasteiger partial charge in [-0.15, -0.1) is 11.8 Å². The van der Waals surface area contributed by atoms with Crippen molar-refractivity contribution >= 4 is 35.1 Å². The van der Waals surface area contributed by atoms with Crippen LogP contribution in [-0.2, 0) is 0 Å². The number of nitrogens with two attached hydrogens (primary N) is 1. The molecule has 0 saturated heterocycles. The normalized spacial score (nSPS) is 10.9. The highest BCUT2D eigenvalue weighted by molar-refractivity contribution is 7.99. The van der Waals surface area contributed by atoms with Gasteiger partial charge in [0.15, 0.2) is 0 Å². The zero-order valence-corrected chi connectivity index (χ0v) is 15.5. The Morgan fingerprint density at radius 3 is 2.44 bits per heavy atom. The summed E-state index contributed by atoms with van der Waals surface area (Å²) in [5.41, 5.74) is 12.1. The summed E-state index contributed by atoms with van der Waals surface area (Å²) in [7, 11) is 0. The maximum Gasteiger partial charge on any atom is 0.0759 e. The van der Waals surface area contributed by atoms with Crippen molar-refractivity contribution in [3.8, 4) is 22.3 Å². The third-order valence-electron chi connectivity index (χ3n) is 4.44. The minimum Gasteiger partial charge on any atom is -0.322 e. The number of nitrogens with zero attached hydrogens (tertiary/aromatic N) is 3. The van der Waals surface area contributed by atoms with E-state index in [-0.39, 0.29) is 0 Å². The molecule has 2 N–H and O–H groups in total. The third-order valence-corrected chi connectivity index (χ3v) is 5.24. The van der Waals surface area contributed by atoms with E-state index < -0.39 is 0 Å². The number of aromatic nitrogens is 2. The van der Waals surface area contributed by atoms with Gasteiger partial charge in [0, 0.05) is 34.7 Å². The molecule has 0 bridgehead atoms. The summed E-state index contributed by atoms with van der Waals surface area (Å²) < 4.78 is 0. The Hall–Kier alpha value is -3.02. The lowest BCUT2D eigenvalue weighted by Crippen LogP contribution is -1.92. The summed E-state index contributed by atoms with van der Waals surface area (Å²) in [6.07, 6.45) is 5.46. The van der Waals surface area contributed by atoms with Crippen molar-refractivity contribution in [1.82, 2.24) is 9.97 Å². The Balaban J connectivity index is 1.87. The van der Waals surface area contributed by atoms with Crippen LogP contribution < -0.4 is 5.73 Å². The minimum atomic E-state index is 0.500. The molecule has 0 unspecified atom stereocenters. The van der Waals surface area contributed by atoms with Gasteiger partial charge in [0.2, 0.25) is 0 Å². The van der Waals surface area contributed by atoms with Gasteiger partial charge in [-0.1, -0.05) is 12.1 Å². The second kappa shape index (κ2) is 7.70. The molecule has 0 fully saturated rings. The first-order chi connectivity index (χ1) is 13.3. The van der Waals surface area contributed by atoms with Crippen LogP contribution in [0.4, 0.5) is 5.69 Å². The van der Waals surface area contributed by atoms with E-state index in [1.807, 2.05) is 42.9 Å². The summed E-state index contributed by atoms with van der Waals surface area (Å²) in [5, 5.41) is 1.11. The maximum atomic E-state index is 5.72. The van der Waals surface area contributed by atoms with Crippen molar-refractivity contribution in [2.45, 2.75) is 4.90 Å². The molecule has 132 valence electrons. The molecule has 0 radical (unpaired) electrons. The number of rotatable bonds is 5. The molecule has 0 atom stereocenters. The van der Waals surface area contributed by atoms with E-state index in [0.717, 1.165) is 43.7 Å². The first-order valence-electron chi connectivity index (χ1n) is 8.53. The van der Waals surface area contributed by atoms with E-state index in [1.165, 1.54) is 0 Å². The molecule has 2 aromatic heterocycles. The zero-order valence-electron chi connectivity index (χ0n) is 14.7. The van der Waals surface area contributed by atoms with Gasteiger partial charge in [0.05, 0.1) is 11.2 Å². The smallest absolute Gasteiger partial charge is 0.0759 e. The van der Waals surface area contributed by atoms with E-state index in [0.29, 0.717) is 5.88 Å². The zero-order chi connectivity index (χ0) is 18.6. The molecule has 0 saturated carbocycles. The van der Waals surface area contributed by atoms with Crippen LogP contribution in [0, 0.1) is 0 Å². The molecule has 2 aromatic carbocycles. The van der Waals surface area contributed by atoms with E-state index in [4.69, 9.17) is 5.73 Å². The summed E-state index contributed by atoms with van der Waals surface area (Å²) in [4.78, 5) is 13.8. The lowest BCUT2D eigenvalue weighted by Gasteiger charge is -2.11. The van der Waals surface area contributed by atoms with Gasteiger partial charge in [-0.25, -0.2) is 0 Å². The highest BCUT2D eigenvalue weighted by Gasteiger charge is 2.09. The average molecular weight is 370 g/mol. The maximum absolute atomic E-state index is 5.72. The van der Waals surface area contributed by atoms with Crippen LogP contribution in [0.25, 0.3) is 33.2 Å². The van der Waals surface area contributed by atoms with Crippen molar-refractivity contribution < 1.29 is 0 Å². The van der Waals surface area contributed by atoms with Crippen molar-refractivity contribution in [3.63, 3.8) is 0 Å². The molecule has 0 aliphatic rings. The number of thioether (sulfide) groups is 1. The van der Waals surface area contributed by atoms with Crippen LogP contribution in [0.3, 0.4) is 0 Å². The van der Waals surface area contributed by atoms with Crippen LogP contribution in [0.15, 0.2) is 83.1 Å². The Morgan fingerprint density at radius 2 is 1.67 bits per heavy atom. The Bertz CT molecular complexity index is 1110. The fraction of sp³-hybridized carbons (Fsp3) is 0.0455. The van der Waals surface area contributed by atoms with E-state index in [2.05, 4.69) is 52.0 Å². The van der Waals surface area contributed by atoms with Crippen LogP contribution in [-0.4, -0.2) is 22.6 Å². The molecule has 5 heteroatoms. The summed E-state index contributed by atoms with van der Waals surface area (Å²) >= 11 is 1.56. The molecule has 2 heterocycles. The molecule has 4 aromatic rings. The number of hydrogen-bond donors (Lipinski definition) is 1. The first-order valence-corrected chi connectivity index (χ1v) is 9.52. The Morgan fingerprint density at radius 1 is 0.889 bits per heavy atom. The van der Waals surface area contributed by atoms with Crippen LogP contribution in [0.5, 0.6) is 0 Å². The largest absolute Gasteiger partial charge is 0.322 e. The van der Waals surface area contributed by atoms with E-state index in [9.17, 15) is 0 Å².